The molecule has 1 rings (SSSR count). The number of hydrogen-bond donors (Lipinski definition) is 0. The molecule has 0 aromatic carbocycles. The van der Waals surface area contributed by atoms with E-state index in [-0.39, 0.29) is 9.26 Å². The van der Waals surface area contributed by atoms with Gasteiger partial charge in [-0.2, -0.15) is 5.26 Å². The molecule has 1 aromatic heterocycles. The molecule has 6 nitrogen and oxygen atoms in total. The first-order chi connectivity index (χ1) is 8.24. The van der Waals surface area contributed by atoms with Crippen LogP contribution in [0.5, 0.6) is 5.88 Å². The van der Waals surface area contributed by atoms with Crippen LogP contribution in [0.15, 0.2) is 6.07 Å². The third-order valence-electron chi connectivity index (χ3n) is 1.64. The lowest BCUT2D eigenvalue weighted by Crippen LogP contribution is -2.18. The maximum Gasteiger partial charge on any atom is 0.574 e. The molecule has 0 bridgehead atoms. The van der Waals surface area contributed by atoms with E-state index in [4.69, 9.17) is 5.26 Å². The second-order valence-corrected chi connectivity index (χ2v) is 4.04. The topological polar surface area (TPSA) is 89.0 Å². The van der Waals surface area contributed by atoms with E-state index in [1.807, 2.05) is 0 Å². The third-order valence-corrected chi connectivity index (χ3v) is 2.47. The van der Waals surface area contributed by atoms with Gasteiger partial charge in [0.25, 0.3) is 0 Å². The van der Waals surface area contributed by atoms with Gasteiger partial charge in [0.05, 0.1) is 21.0 Å². The van der Waals surface area contributed by atoms with Crippen LogP contribution in [0, 0.1) is 25.0 Å². The normalized spacial score (nSPS) is 10.8. The average molecular weight is 373 g/mol. The summed E-state index contributed by atoms with van der Waals surface area (Å²) in [6, 6.07) is 2.37. The second kappa shape index (κ2) is 5.34. The highest BCUT2D eigenvalue weighted by molar-refractivity contribution is 14.1. The van der Waals surface area contributed by atoms with Gasteiger partial charge in [-0.1, -0.05) is 0 Å². The van der Waals surface area contributed by atoms with E-state index in [1.54, 1.807) is 6.07 Å². The standard InChI is InChI=1S/C8H3F3IN3O3/c9-8(10,11)18-6-3-4(12)7(15(16)17)5(14-6)1-2-13/h3H,1H2. The summed E-state index contributed by atoms with van der Waals surface area (Å²) in [5, 5.41) is 19.2. The molecule has 0 amide bonds. The third kappa shape index (κ3) is 3.69. The zero-order chi connectivity index (χ0) is 13.9. The Kier molecular flexibility index (Phi) is 4.28. The van der Waals surface area contributed by atoms with Gasteiger partial charge in [-0.25, -0.2) is 4.98 Å². The molecule has 1 heterocycles. The Morgan fingerprint density at radius 2 is 2.22 bits per heavy atom. The van der Waals surface area contributed by atoms with Crippen molar-refractivity contribution in [2.45, 2.75) is 12.8 Å². The van der Waals surface area contributed by atoms with E-state index < -0.39 is 29.3 Å². The summed E-state index contributed by atoms with van der Waals surface area (Å²) < 4.78 is 39.4. The molecular weight excluding hydrogens is 370 g/mol. The predicted molar refractivity (Wildman–Crippen MR) is 59.6 cm³/mol. The number of nitrogens with zero attached hydrogens (tertiary/aromatic N) is 3. The molecule has 0 unspecified atom stereocenters. The highest BCUT2D eigenvalue weighted by Gasteiger charge is 2.33. The summed E-state index contributed by atoms with van der Waals surface area (Å²) >= 11 is 1.48. The van der Waals surface area contributed by atoms with Crippen LogP contribution in [-0.4, -0.2) is 16.3 Å². The molecule has 96 valence electrons. The Labute approximate surface area is 112 Å². The zero-order valence-corrected chi connectivity index (χ0v) is 10.5. The van der Waals surface area contributed by atoms with Crippen LogP contribution >= 0.6 is 22.6 Å². The monoisotopic (exact) mass is 373 g/mol. The van der Waals surface area contributed by atoms with Crippen LogP contribution in [0.4, 0.5) is 18.9 Å². The van der Waals surface area contributed by atoms with Crippen molar-refractivity contribution in [2.24, 2.45) is 0 Å². The Hall–Kier alpha value is -1.64. The van der Waals surface area contributed by atoms with Crippen molar-refractivity contribution in [3.05, 3.63) is 25.4 Å². The van der Waals surface area contributed by atoms with Crippen LogP contribution in [-0.2, 0) is 6.42 Å². The van der Waals surface area contributed by atoms with Gasteiger partial charge in [0.15, 0.2) is 0 Å². The summed E-state index contributed by atoms with van der Waals surface area (Å²) in [5.74, 6) is -0.831. The summed E-state index contributed by atoms with van der Waals surface area (Å²) in [7, 11) is 0. The fourth-order valence-electron chi connectivity index (χ4n) is 1.09. The predicted octanol–water partition coefficient (Wildman–Crippen LogP) is 2.56. The van der Waals surface area contributed by atoms with E-state index in [0.29, 0.717) is 0 Å². The Morgan fingerprint density at radius 1 is 1.61 bits per heavy atom. The van der Waals surface area contributed by atoms with Gasteiger partial charge < -0.3 is 4.74 Å². The molecule has 0 saturated heterocycles. The maximum absolute atomic E-state index is 12.0. The minimum atomic E-state index is -4.95. The van der Waals surface area contributed by atoms with Crippen molar-refractivity contribution in [2.75, 3.05) is 0 Å². The summed E-state index contributed by atoms with van der Waals surface area (Å²) in [6.07, 6.45) is -5.43. The molecule has 1 aromatic rings. The lowest BCUT2D eigenvalue weighted by molar-refractivity contribution is -0.386. The number of aromatic nitrogens is 1. The van der Waals surface area contributed by atoms with Crippen molar-refractivity contribution < 1.29 is 22.8 Å². The molecule has 18 heavy (non-hydrogen) atoms. The average Bonchev–Trinajstić information content (AvgIpc) is 2.13. The lowest BCUT2D eigenvalue weighted by Gasteiger charge is -2.09. The van der Waals surface area contributed by atoms with Crippen molar-refractivity contribution in [1.29, 1.82) is 5.26 Å². The zero-order valence-electron chi connectivity index (χ0n) is 8.36. The molecule has 0 atom stereocenters. The molecule has 0 fully saturated rings. The SMILES string of the molecule is N#CCc1nc(OC(F)(F)F)cc(I)c1[N+](=O)[O-]. The molecule has 0 spiro atoms. The fraction of sp³-hybridized carbons (Fsp3) is 0.250. The largest absolute Gasteiger partial charge is 0.574 e. The molecular formula is C8H3F3IN3O3. The lowest BCUT2D eigenvalue weighted by atomic mass is 10.2. The highest BCUT2D eigenvalue weighted by atomic mass is 127. The first kappa shape index (κ1) is 14.4. The van der Waals surface area contributed by atoms with Gasteiger partial charge in [0.1, 0.15) is 5.69 Å². The summed E-state index contributed by atoms with van der Waals surface area (Å²) in [4.78, 5) is 13.2. The van der Waals surface area contributed by atoms with Gasteiger partial charge in [0, 0.05) is 6.07 Å². The van der Waals surface area contributed by atoms with Crippen LogP contribution in [0.2, 0.25) is 0 Å². The van der Waals surface area contributed by atoms with E-state index in [1.165, 1.54) is 22.6 Å². The Balaban J connectivity index is 3.28. The van der Waals surface area contributed by atoms with Gasteiger partial charge in [-0.15, -0.1) is 13.2 Å². The van der Waals surface area contributed by atoms with Crippen molar-refractivity contribution in [3.8, 4) is 11.9 Å². The number of ether oxygens (including phenoxy) is 1. The number of nitriles is 1. The van der Waals surface area contributed by atoms with Crippen LogP contribution in [0.25, 0.3) is 0 Å². The Morgan fingerprint density at radius 3 is 2.67 bits per heavy atom. The van der Waals surface area contributed by atoms with Crippen molar-refractivity contribution in [1.82, 2.24) is 4.98 Å². The number of alkyl halides is 3. The van der Waals surface area contributed by atoms with Crippen molar-refractivity contribution >= 4 is 28.3 Å². The van der Waals surface area contributed by atoms with Crippen LogP contribution in [0.1, 0.15) is 5.69 Å². The van der Waals surface area contributed by atoms with E-state index in [0.717, 1.165) is 6.07 Å². The van der Waals surface area contributed by atoms with Gasteiger partial charge in [0.2, 0.25) is 5.88 Å². The molecule has 0 radical (unpaired) electrons. The molecule has 0 aliphatic heterocycles. The molecule has 0 aliphatic carbocycles. The van der Waals surface area contributed by atoms with E-state index in [9.17, 15) is 23.3 Å². The first-order valence-electron chi connectivity index (χ1n) is 4.21. The molecule has 0 saturated carbocycles. The van der Waals surface area contributed by atoms with E-state index in [2.05, 4.69) is 9.72 Å². The van der Waals surface area contributed by atoms with Crippen molar-refractivity contribution in [3.63, 3.8) is 0 Å². The number of halogens is 4. The quantitative estimate of drug-likeness (QED) is 0.462. The van der Waals surface area contributed by atoms with E-state index >= 15 is 0 Å². The number of pyridine rings is 1. The summed E-state index contributed by atoms with van der Waals surface area (Å²) in [5.41, 5.74) is -0.861. The second-order valence-electron chi connectivity index (χ2n) is 2.88. The van der Waals surface area contributed by atoms with Gasteiger partial charge in [-0.3, -0.25) is 10.1 Å². The van der Waals surface area contributed by atoms with Crippen LogP contribution < -0.4 is 4.74 Å². The maximum atomic E-state index is 12.0. The smallest absolute Gasteiger partial charge is 0.388 e. The molecule has 10 heteroatoms. The van der Waals surface area contributed by atoms with Gasteiger partial charge >= 0.3 is 12.0 Å². The Bertz CT molecular complexity index is 527. The fourth-order valence-corrected chi connectivity index (χ4v) is 1.87. The number of rotatable bonds is 3. The number of nitro groups is 1. The van der Waals surface area contributed by atoms with Gasteiger partial charge in [-0.05, 0) is 22.6 Å². The highest BCUT2D eigenvalue weighted by Crippen LogP contribution is 2.30. The molecule has 0 N–H and O–H groups in total. The summed E-state index contributed by atoms with van der Waals surface area (Å²) in [6.45, 7) is 0. The first-order valence-corrected chi connectivity index (χ1v) is 5.29. The molecule has 0 aliphatic rings. The minimum absolute atomic E-state index is 0.0860. The minimum Gasteiger partial charge on any atom is -0.388 e. The number of hydrogen-bond acceptors (Lipinski definition) is 5. The van der Waals surface area contributed by atoms with Crippen LogP contribution in [0.3, 0.4) is 0 Å².